The lowest BCUT2D eigenvalue weighted by molar-refractivity contribution is -0.160. The van der Waals surface area contributed by atoms with E-state index < -0.39 is 52.8 Å². The SMILES string of the molecule is CC(C)(C)OC(=O)CON=C(C(=O)NC1C(=O)N2C=C(CSc3ccc4nncn4n3)C(C(=O)OC(c3ccccc3)c3ccccc3)S[C@H]12)c1cscn1. The first-order valence-electron chi connectivity index (χ1n) is 16.9. The maximum Gasteiger partial charge on any atom is 0.347 e. The normalized spacial score (nSPS) is 18.3. The summed E-state index contributed by atoms with van der Waals surface area (Å²) in [5.74, 6) is -2.02. The molecule has 0 spiro atoms. The van der Waals surface area contributed by atoms with Crippen molar-refractivity contribution < 1.29 is 33.5 Å². The summed E-state index contributed by atoms with van der Waals surface area (Å²) in [6.07, 6.45) is 2.45. The number of oxime groups is 1. The van der Waals surface area contributed by atoms with Crippen LogP contribution in [0.15, 0.2) is 112 Å². The van der Waals surface area contributed by atoms with Gasteiger partial charge in [0.2, 0.25) is 6.61 Å². The molecule has 1 saturated heterocycles. The summed E-state index contributed by atoms with van der Waals surface area (Å²) in [6, 6.07) is 21.5. The third kappa shape index (κ3) is 8.87. The molecular weight excluding hydrogens is 765 g/mol. The molecule has 0 aliphatic carbocycles. The van der Waals surface area contributed by atoms with Gasteiger partial charge in [0.25, 0.3) is 11.8 Å². The molecule has 282 valence electrons. The lowest BCUT2D eigenvalue weighted by Gasteiger charge is -2.49. The summed E-state index contributed by atoms with van der Waals surface area (Å²) in [6.45, 7) is 4.60. The number of hydrogen-bond donors (Lipinski definition) is 1. The highest BCUT2D eigenvalue weighted by Crippen LogP contribution is 2.43. The van der Waals surface area contributed by atoms with E-state index >= 15 is 0 Å². The number of ether oxygens (including phenoxy) is 2. The quantitative estimate of drug-likeness (QED) is 0.0582. The van der Waals surface area contributed by atoms with Crippen molar-refractivity contribution in [2.75, 3.05) is 12.4 Å². The van der Waals surface area contributed by atoms with Gasteiger partial charge in [-0.3, -0.25) is 14.4 Å². The molecule has 18 heteroatoms. The Kier molecular flexibility index (Phi) is 11.3. The standard InChI is InChI=1S/C37H34N8O7S3/c1-37(2,3)52-28(46)17-50-43-29(25-19-53-21-38-25)33(47)40-30-34(48)44-16-24(18-54-27-15-14-26-41-39-20-45(26)42-27)32(55-35(30)44)36(49)51-31(22-10-6-4-7-11-22)23-12-8-5-9-13-23/h4-16,19-21,30-32,35H,17-18H2,1-3H3,(H,40,47)/t30?,32?,35-/m1/s1. The number of amides is 2. The van der Waals surface area contributed by atoms with Crippen LogP contribution in [0.3, 0.4) is 0 Å². The minimum Gasteiger partial charge on any atom is -0.457 e. The van der Waals surface area contributed by atoms with E-state index in [-0.39, 0.29) is 17.3 Å². The molecule has 2 unspecified atom stereocenters. The summed E-state index contributed by atoms with van der Waals surface area (Å²) in [5.41, 5.74) is 3.54. The molecule has 0 radical (unpaired) electrons. The molecule has 1 fully saturated rings. The molecule has 2 aliphatic rings. The van der Waals surface area contributed by atoms with Crippen molar-refractivity contribution in [2.45, 2.75) is 54.2 Å². The van der Waals surface area contributed by atoms with Crippen molar-refractivity contribution in [1.82, 2.24) is 35.0 Å². The highest BCUT2D eigenvalue weighted by Gasteiger charge is 2.53. The number of carbonyl (C=O) groups excluding carboxylic acids is 4. The second-order valence-corrected chi connectivity index (χ2v) is 16.2. The topological polar surface area (TPSA) is 180 Å². The van der Waals surface area contributed by atoms with Gasteiger partial charge < -0.3 is 24.5 Å². The lowest BCUT2D eigenvalue weighted by atomic mass is 10.0. The van der Waals surface area contributed by atoms with Crippen LogP contribution in [-0.4, -0.2) is 93.8 Å². The molecule has 7 rings (SSSR count). The molecular formula is C37H34N8O7S3. The molecule has 3 atom stereocenters. The monoisotopic (exact) mass is 798 g/mol. The van der Waals surface area contributed by atoms with Gasteiger partial charge in [-0.1, -0.05) is 65.8 Å². The van der Waals surface area contributed by atoms with Crippen molar-refractivity contribution in [3.8, 4) is 0 Å². The summed E-state index contributed by atoms with van der Waals surface area (Å²) in [7, 11) is 0. The summed E-state index contributed by atoms with van der Waals surface area (Å²) < 4.78 is 13.1. The van der Waals surface area contributed by atoms with Gasteiger partial charge in [0.15, 0.2) is 17.5 Å². The fraction of sp³-hybridized carbons (Fsp3) is 0.270. The second-order valence-electron chi connectivity index (χ2n) is 13.2. The molecule has 5 aromatic rings. The van der Waals surface area contributed by atoms with Crippen molar-refractivity contribution in [3.63, 3.8) is 0 Å². The van der Waals surface area contributed by atoms with Gasteiger partial charge in [0, 0.05) is 17.3 Å². The summed E-state index contributed by atoms with van der Waals surface area (Å²) in [4.78, 5) is 64.6. The van der Waals surface area contributed by atoms with Crippen molar-refractivity contribution >= 4 is 70.0 Å². The number of aromatic nitrogens is 5. The molecule has 15 nitrogen and oxygen atoms in total. The van der Waals surface area contributed by atoms with Gasteiger partial charge in [-0.25, -0.2) is 9.78 Å². The highest BCUT2D eigenvalue weighted by molar-refractivity contribution is 8.02. The number of hydrogen-bond acceptors (Lipinski definition) is 15. The van der Waals surface area contributed by atoms with Crippen molar-refractivity contribution in [3.05, 3.63) is 119 Å². The van der Waals surface area contributed by atoms with E-state index in [1.54, 1.807) is 49.0 Å². The van der Waals surface area contributed by atoms with Crippen LogP contribution in [-0.2, 0) is 33.5 Å². The van der Waals surface area contributed by atoms with Crippen molar-refractivity contribution in [1.29, 1.82) is 0 Å². The van der Waals surface area contributed by atoms with E-state index in [4.69, 9.17) is 14.3 Å². The number of rotatable bonds is 13. The smallest absolute Gasteiger partial charge is 0.347 e. The molecule has 3 aromatic heterocycles. The van der Waals surface area contributed by atoms with E-state index in [2.05, 4.69) is 30.8 Å². The molecule has 2 aliphatic heterocycles. The zero-order valence-corrected chi connectivity index (χ0v) is 32.1. The Balaban J connectivity index is 1.12. The first-order chi connectivity index (χ1) is 26.5. The van der Waals surface area contributed by atoms with E-state index in [9.17, 15) is 19.2 Å². The Morgan fingerprint density at radius 1 is 1.02 bits per heavy atom. The maximum absolute atomic E-state index is 14.3. The minimum atomic E-state index is -1.02. The third-order valence-electron chi connectivity index (χ3n) is 8.11. The lowest BCUT2D eigenvalue weighted by Crippen LogP contribution is -2.69. The summed E-state index contributed by atoms with van der Waals surface area (Å²) >= 11 is 3.81. The van der Waals surface area contributed by atoms with Gasteiger partial charge in [-0.2, -0.15) is 9.61 Å². The number of thiazole rings is 1. The first-order valence-corrected chi connectivity index (χ1v) is 19.8. The molecule has 2 amide bonds. The highest BCUT2D eigenvalue weighted by atomic mass is 32.2. The Bertz CT molecular complexity index is 2210. The number of thioether (sulfide) groups is 2. The molecule has 55 heavy (non-hydrogen) atoms. The molecule has 1 N–H and O–H groups in total. The van der Waals surface area contributed by atoms with E-state index in [1.165, 1.54) is 51.6 Å². The van der Waals surface area contributed by atoms with Crippen molar-refractivity contribution in [2.24, 2.45) is 5.16 Å². The van der Waals surface area contributed by atoms with Crippen LogP contribution in [0.5, 0.6) is 0 Å². The molecule has 0 bridgehead atoms. The fourth-order valence-corrected chi connectivity index (χ4v) is 8.58. The van der Waals surface area contributed by atoms with Crippen LogP contribution in [0.25, 0.3) is 5.65 Å². The van der Waals surface area contributed by atoms with Crippen LogP contribution < -0.4 is 5.32 Å². The number of nitrogens with zero attached hydrogens (tertiary/aromatic N) is 7. The number of β-lactam (4-membered cyclic amide) rings is 1. The van der Waals surface area contributed by atoms with Gasteiger partial charge in [0.05, 0.1) is 5.51 Å². The minimum absolute atomic E-state index is 0.193. The Morgan fingerprint density at radius 3 is 2.42 bits per heavy atom. The number of esters is 2. The Hall–Kier alpha value is -5.59. The molecule has 0 saturated carbocycles. The Morgan fingerprint density at radius 2 is 1.75 bits per heavy atom. The average Bonchev–Trinajstić information content (AvgIpc) is 3.89. The number of fused-ring (bicyclic) bond motifs is 2. The van der Waals surface area contributed by atoms with E-state index in [0.29, 0.717) is 22.0 Å². The van der Waals surface area contributed by atoms with Crippen LogP contribution in [0.2, 0.25) is 0 Å². The zero-order chi connectivity index (χ0) is 38.5. The molecule has 5 heterocycles. The number of carbonyl (C=O) groups is 4. The van der Waals surface area contributed by atoms with Gasteiger partial charge in [-0.15, -0.1) is 45.1 Å². The van der Waals surface area contributed by atoms with E-state index in [1.807, 2.05) is 60.7 Å². The Labute approximate surface area is 327 Å². The van der Waals surface area contributed by atoms with Crippen LogP contribution >= 0.6 is 34.9 Å². The van der Waals surface area contributed by atoms with Crippen LogP contribution in [0.4, 0.5) is 0 Å². The van der Waals surface area contributed by atoms with Crippen LogP contribution in [0.1, 0.15) is 43.7 Å². The van der Waals surface area contributed by atoms with Gasteiger partial charge >= 0.3 is 11.9 Å². The number of nitrogens with one attached hydrogen (secondary N) is 1. The summed E-state index contributed by atoms with van der Waals surface area (Å²) in [5, 5.41) is 19.8. The van der Waals surface area contributed by atoms with E-state index in [0.717, 1.165) is 11.1 Å². The predicted octanol–water partition coefficient (Wildman–Crippen LogP) is 4.42. The average molecular weight is 799 g/mol. The van der Waals surface area contributed by atoms with Crippen LogP contribution in [0, 0.1) is 0 Å². The van der Waals surface area contributed by atoms with Gasteiger partial charge in [0.1, 0.15) is 39.3 Å². The van der Waals surface area contributed by atoms with Gasteiger partial charge in [-0.05, 0) is 49.6 Å². The predicted molar refractivity (Wildman–Crippen MR) is 205 cm³/mol. The zero-order valence-electron chi connectivity index (χ0n) is 29.7. The largest absolute Gasteiger partial charge is 0.457 e. The second kappa shape index (κ2) is 16.4. The maximum atomic E-state index is 14.3. The molecule has 2 aromatic carbocycles. The first kappa shape index (κ1) is 37.7. The third-order valence-corrected chi connectivity index (χ3v) is 11.2. The number of benzene rings is 2. The fourth-order valence-electron chi connectivity index (χ4n) is 5.67.